The van der Waals surface area contributed by atoms with Crippen LogP contribution in [0.5, 0.6) is 0 Å². The lowest BCUT2D eigenvalue weighted by molar-refractivity contribution is -0.137. The zero-order chi connectivity index (χ0) is 14.0. The van der Waals surface area contributed by atoms with Crippen molar-refractivity contribution in [2.24, 2.45) is 0 Å². The molecule has 4 heteroatoms. The van der Waals surface area contributed by atoms with Crippen molar-refractivity contribution in [2.75, 3.05) is 0 Å². The summed E-state index contributed by atoms with van der Waals surface area (Å²) in [5, 5.41) is 9.09. The molecule has 0 radical (unpaired) electrons. The standard InChI is InChI=1S/C15H16FNO2/c1-10-3-4-11(2)17(10)14(9-15(18)19)12-5-7-13(16)8-6-12/h3-8,14H,9H2,1-2H3,(H,18,19). The largest absolute Gasteiger partial charge is 0.481 e. The van der Waals surface area contributed by atoms with Gasteiger partial charge in [-0.2, -0.15) is 0 Å². The van der Waals surface area contributed by atoms with Crippen LogP contribution in [0.4, 0.5) is 4.39 Å². The molecule has 1 aromatic heterocycles. The Morgan fingerprint density at radius 3 is 2.16 bits per heavy atom. The molecular formula is C15H16FNO2. The average molecular weight is 261 g/mol. The van der Waals surface area contributed by atoms with Gasteiger partial charge in [0.15, 0.2) is 0 Å². The first-order valence-electron chi connectivity index (χ1n) is 6.10. The van der Waals surface area contributed by atoms with Crippen LogP contribution in [-0.2, 0) is 4.79 Å². The minimum absolute atomic E-state index is 0.0258. The monoisotopic (exact) mass is 261 g/mol. The number of hydrogen-bond donors (Lipinski definition) is 1. The van der Waals surface area contributed by atoms with Crippen molar-refractivity contribution in [1.82, 2.24) is 4.57 Å². The van der Waals surface area contributed by atoms with Crippen LogP contribution in [0.25, 0.3) is 0 Å². The Bertz CT molecular complexity index is 567. The first-order chi connectivity index (χ1) is 8.99. The van der Waals surface area contributed by atoms with Gasteiger partial charge >= 0.3 is 5.97 Å². The maximum absolute atomic E-state index is 13.0. The average Bonchev–Trinajstić information content (AvgIpc) is 2.67. The highest BCUT2D eigenvalue weighted by Gasteiger charge is 2.20. The highest BCUT2D eigenvalue weighted by Crippen LogP contribution is 2.26. The Morgan fingerprint density at radius 2 is 1.68 bits per heavy atom. The number of halogens is 1. The first kappa shape index (κ1) is 13.3. The number of rotatable bonds is 4. The third-order valence-corrected chi connectivity index (χ3v) is 3.26. The molecule has 3 nitrogen and oxygen atoms in total. The van der Waals surface area contributed by atoms with Crippen molar-refractivity contribution in [3.63, 3.8) is 0 Å². The number of carboxylic acid groups (broad SMARTS) is 1. The lowest BCUT2D eigenvalue weighted by atomic mass is 10.0. The highest BCUT2D eigenvalue weighted by molar-refractivity contribution is 5.68. The van der Waals surface area contributed by atoms with Crippen LogP contribution >= 0.6 is 0 Å². The highest BCUT2D eigenvalue weighted by atomic mass is 19.1. The summed E-state index contributed by atoms with van der Waals surface area (Å²) in [6.07, 6.45) is -0.0258. The predicted octanol–water partition coefficient (Wildman–Crippen LogP) is 3.31. The van der Waals surface area contributed by atoms with Crippen molar-refractivity contribution >= 4 is 5.97 Å². The van der Waals surface area contributed by atoms with Crippen LogP contribution in [0.2, 0.25) is 0 Å². The number of aromatic nitrogens is 1. The molecule has 1 unspecified atom stereocenters. The SMILES string of the molecule is Cc1ccc(C)n1C(CC(=O)O)c1ccc(F)cc1. The van der Waals surface area contributed by atoms with Crippen LogP contribution in [0.1, 0.15) is 29.4 Å². The van der Waals surface area contributed by atoms with E-state index in [9.17, 15) is 9.18 Å². The molecule has 0 aliphatic rings. The molecule has 1 heterocycles. The van der Waals surface area contributed by atoms with Crippen LogP contribution in [-0.4, -0.2) is 15.6 Å². The third kappa shape index (κ3) is 2.84. The second-order valence-corrected chi connectivity index (χ2v) is 4.65. The number of aryl methyl sites for hydroxylation is 2. The van der Waals surface area contributed by atoms with Gasteiger partial charge in [0, 0.05) is 11.4 Å². The molecule has 0 aliphatic carbocycles. The summed E-state index contributed by atoms with van der Waals surface area (Å²) in [4.78, 5) is 11.1. The van der Waals surface area contributed by atoms with Gasteiger partial charge < -0.3 is 9.67 Å². The third-order valence-electron chi connectivity index (χ3n) is 3.26. The Balaban J connectivity index is 2.47. The Labute approximate surface area is 111 Å². The second kappa shape index (κ2) is 5.26. The van der Waals surface area contributed by atoms with E-state index < -0.39 is 5.97 Å². The number of hydrogen-bond acceptors (Lipinski definition) is 1. The number of nitrogens with zero attached hydrogens (tertiary/aromatic N) is 1. The van der Waals surface area contributed by atoms with E-state index in [1.807, 2.05) is 30.5 Å². The van der Waals surface area contributed by atoms with Gasteiger partial charge in [-0.15, -0.1) is 0 Å². The second-order valence-electron chi connectivity index (χ2n) is 4.65. The van der Waals surface area contributed by atoms with Crippen molar-refractivity contribution in [2.45, 2.75) is 26.3 Å². The van der Waals surface area contributed by atoms with Gasteiger partial charge in [-0.3, -0.25) is 4.79 Å². The summed E-state index contributed by atoms with van der Waals surface area (Å²) >= 11 is 0. The molecule has 1 atom stereocenters. The van der Waals surface area contributed by atoms with E-state index >= 15 is 0 Å². The van der Waals surface area contributed by atoms with E-state index in [2.05, 4.69) is 0 Å². The maximum atomic E-state index is 13.0. The molecule has 0 saturated heterocycles. The molecule has 0 bridgehead atoms. The fourth-order valence-corrected chi connectivity index (χ4v) is 2.38. The van der Waals surface area contributed by atoms with Gasteiger partial charge in [0.1, 0.15) is 5.82 Å². The van der Waals surface area contributed by atoms with Crippen molar-refractivity contribution < 1.29 is 14.3 Å². The minimum Gasteiger partial charge on any atom is -0.481 e. The van der Waals surface area contributed by atoms with Gasteiger partial charge in [-0.05, 0) is 43.7 Å². The molecule has 1 aromatic carbocycles. The lowest BCUT2D eigenvalue weighted by Crippen LogP contribution is -2.17. The molecule has 0 fully saturated rings. The summed E-state index contributed by atoms with van der Waals surface area (Å²) in [5.74, 6) is -1.19. The van der Waals surface area contributed by atoms with Crippen molar-refractivity contribution in [1.29, 1.82) is 0 Å². The number of carboxylic acids is 1. The fraction of sp³-hybridized carbons (Fsp3) is 0.267. The molecule has 100 valence electrons. The normalized spacial score (nSPS) is 12.4. The van der Waals surface area contributed by atoms with E-state index in [0.717, 1.165) is 17.0 Å². The molecule has 1 N–H and O–H groups in total. The zero-order valence-electron chi connectivity index (χ0n) is 10.9. The van der Waals surface area contributed by atoms with Gasteiger partial charge in [0.25, 0.3) is 0 Å². The quantitative estimate of drug-likeness (QED) is 0.917. The molecule has 19 heavy (non-hydrogen) atoms. The Hall–Kier alpha value is -2.10. The van der Waals surface area contributed by atoms with E-state index in [-0.39, 0.29) is 18.3 Å². The summed E-state index contributed by atoms with van der Waals surface area (Å²) < 4.78 is 15.0. The number of benzene rings is 1. The van der Waals surface area contributed by atoms with E-state index in [4.69, 9.17) is 5.11 Å². The van der Waals surface area contributed by atoms with Crippen LogP contribution in [0.15, 0.2) is 36.4 Å². The Morgan fingerprint density at radius 1 is 1.16 bits per heavy atom. The molecule has 2 rings (SSSR count). The summed E-state index contributed by atoms with van der Waals surface area (Å²) in [6.45, 7) is 3.87. The van der Waals surface area contributed by atoms with Crippen molar-refractivity contribution in [3.8, 4) is 0 Å². The van der Waals surface area contributed by atoms with E-state index in [1.54, 1.807) is 12.1 Å². The van der Waals surface area contributed by atoms with Gasteiger partial charge in [-0.1, -0.05) is 12.1 Å². The van der Waals surface area contributed by atoms with Crippen LogP contribution in [0, 0.1) is 19.7 Å². The van der Waals surface area contributed by atoms with Gasteiger partial charge in [0.2, 0.25) is 0 Å². The molecule has 0 saturated carbocycles. The van der Waals surface area contributed by atoms with Crippen LogP contribution < -0.4 is 0 Å². The summed E-state index contributed by atoms with van der Waals surface area (Å²) in [6, 6.07) is 9.59. The topological polar surface area (TPSA) is 42.2 Å². The first-order valence-corrected chi connectivity index (χ1v) is 6.10. The molecular weight excluding hydrogens is 245 g/mol. The Kier molecular flexibility index (Phi) is 3.69. The number of aliphatic carboxylic acids is 1. The zero-order valence-corrected chi connectivity index (χ0v) is 10.9. The number of carbonyl (C=O) groups is 1. The smallest absolute Gasteiger partial charge is 0.305 e. The van der Waals surface area contributed by atoms with Gasteiger partial charge in [-0.25, -0.2) is 4.39 Å². The molecule has 0 amide bonds. The minimum atomic E-state index is -0.873. The lowest BCUT2D eigenvalue weighted by Gasteiger charge is -2.21. The maximum Gasteiger partial charge on any atom is 0.305 e. The summed E-state index contributed by atoms with van der Waals surface area (Å²) in [7, 11) is 0. The van der Waals surface area contributed by atoms with Gasteiger partial charge in [0.05, 0.1) is 12.5 Å². The molecule has 0 aliphatic heterocycles. The van der Waals surface area contributed by atoms with Crippen molar-refractivity contribution in [3.05, 3.63) is 59.2 Å². The molecule has 2 aromatic rings. The van der Waals surface area contributed by atoms with E-state index in [0.29, 0.717) is 0 Å². The molecule has 0 spiro atoms. The van der Waals surface area contributed by atoms with E-state index in [1.165, 1.54) is 12.1 Å². The fourth-order valence-electron chi connectivity index (χ4n) is 2.38. The summed E-state index contributed by atoms with van der Waals surface area (Å²) in [5.41, 5.74) is 2.78. The predicted molar refractivity (Wildman–Crippen MR) is 70.7 cm³/mol. The van der Waals surface area contributed by atoms with Crippen LogP contribution in [0.3, 0.4) is 0 Å².